The molecule has 326 valence electrons. The first-order valence-corrected chi connectivity index (χ1v) is 23.5. The second-order valence-electron chi connectivity index (χ2n) is 17.2. The van der Waals surface area contributed by atoms with Crippen LogP contribution in [0.15, 0.2) is 283 Å². The number of rotatable bonds is 11. The van der Waals surface area contributed by atoms with Gasteiger partial charge < -0.3 is 14.2 Å². The summed E-state index contributed by atoms with van der Waals surface area (Å²) in [5.41, 5.74) is 19.4. The third kappa shape index (κ3) is 7.92. The molecule has 0 radical (unpaired) electrons. The Kier molecular flexibility index (Phi) is 10.9. The number of nitrogens with zero attached hydrogens (tertiary/aromatic N) is 2. The third-order valence-electron chi connectivity index (χ3n) is 13.1. The molecule has 0 spiro atoms. The van der Waals surface area contributed by atoms with Crippen LogP contribution < -0.4 is 9.80 Å². The second-order valence-corrected chi connectivity index (χ2v) is 17.2. The van der Waals surface area contributed by atoms with Crippen molar-refractivity contribution in [2.24, 2.45) is 0 Å². The fraction of sp³-hybridized carbons (Fsp3) is 0. The van der Waals surface area contributed by atoms with E-state index in [1.54, 1.807) is 0 Å². The highest BCUT2D eigenvalue weighted by molar-refractivity contribution is 6.10. The molecule has 0 bridgehead atoms. The number of benzene rings is 11. The van der Waals surface area contributed by atoms with Gasteiger partial charge in [-0.15, -0.1) is 0 Å². The fourth-order valence-electron chi connectivity index (χ4n) is 9.83. The molecule has 12 rings (SSSR count). The molecule has 3 nitrogen and oxygen atoms in total. The van der Waals surface area contributed by atoms with E-state index in [2.05, 4.69) is 289 Å². The molecule has 0 N–H and O–H groups in total. The Morgan fingerprint density at radius 1 is 0.232 bits per heavy atom. The molecule has 3 heteroatoms. The maximum Gasteiger partial charge on any atom is 0.143 e. The van der Waals surface area contributed by atoms with Gasteiger partial charge in [0.05, 0.1) is 17.1 Å². The van der Waals surface area contributed by atoms with Gasteiger partial charge in [-0.2, -0.15) is 0 Å². The molecule has 0 aliphatic rings. The predicted octanol–water partition coefficient (Wildman–Crippen LogP) is 18.9. The maximum atomic E-state index is 6.87. The minimum absolute atomic E-state index is 0.834. The molecule has 0 amide bonds. The highest BCUT2D eigenvalue weighted by atomic mass is 16.3. The third-order valence-corrected chi connectivity index (χ3v) is 13.1. The van der Waals surface area contributed by atoms with Crippen molar-refractivity contribution in [3.05, 3.63) is 279 Å². The molecule has 0 saturated heterocycles. The van der Waals surface area contributed by atoms with Crippen molar-refractivity contribution < 1.29 is 4.42 Å². The van der Waals surface area contributed by atoms with Gasteiger partial charge in [0, 0.05) is 56.2 Å². The molecular weight excluding hydrogens is 837 g/mol. The van der Waals surface area contributed by atoms with Gasteiger partial charge in [0.1, 0.15) is 11.2 Å². The largest absolute Gasteiger partial charge is 0.455 e. The predicted molar refractivity (Wildman–Crippen MR) is 290 cm³/mol. The molecule has 0 aliphatic carbocycles. The monoisotopic (exact) mass is 882 g/mol. The van der Waals surface area contributed by atoms with Gasteiger partial charge in [-0.05, 0) is 88.0 Å². The summed E-state index contributed by atoms with van der Waals surface area (Å²) in [6.07, 6.45) is 0. The van der Waals surface area contributed by atoms with Crippen molar-refractivity contribution in [3.63, 3.8) is 0 Å². The van der Waals surface area contributed by atoms with E-state index in [0.717, 1.165) is 106 Å². The van der Waals surface area contributed by atoms with Crippen LogP contribution in [0, 0.1) is 0 Å². The van der Waals surface area contributed by atoms with Gasteiger partial charge >= 0.3 is 0 Å². The Labute approximate surface area is 403 Å². The van der Waals surface area contributed by atoms with Crippen LogP contribution in [0.25, 0.3) is 77.6 Å². The van der Waals surface area contributed by atoms with Crippen LogP contribution in [-0.4, -0.2) is 0 Å². The topological polar surface area (TPSA) is 19.6 Å². The van der Waals surface area contributed by atoms with Crippen molar-refractivity contribution in [2.75, 3.05) is 9.80 Å². The van der Waals surface area contributed by atoms with E-state index in [0.29, 0.717) is 0 Å². The quantitative estimate of drug-likeness (QED) is 0.129. The van der Waals surface area contributed by atoms with Crippen molar-refractivity contribution >= 4 is 56.1 Å². The summed E-state index contributed by atoms with van der Waals surface area (Å²) in [6.45, 7) is 0. The number of para-hydroxylation sites is 4. The fourth-order valence-corrected chi connectivity index (χ4v) is 9.83. The van der Waals surface area contributed by atoms with E-state index in [-0.39, 0.29) is 0 Å². The van der Waals surface area contributed by atoms with E-state index in [1.807, 2.05) is 0 Å². The Morgan fingerprint density at radius 2 is 0.638 bits per heavy atom. The van der Waals surface area contributed by atoms with Crippen LogP contribution in [0.3, 0.4) is 0 Å². The average Bonchev–Trinajstić information content (AvgIpc) is 3.81. The Balaban J connectivity index is 1.04. The number of hydrogen-bond acceptors (Lipinski definition) is 3. The SMILES string of the molecule is c1ccc(-c2ccc(N(c3ccc4c(c3)oc3c(-c5ccccc5)cccc34)c3ccccc3-c3cccc(N(c4ccccc4-c4ccccc4)c4ccccc4-c4ccccc4)c3)cc2)cc1. The maximum absolute atomic E-state index is 6.87. The first kappa shape index (κ1) is 41.3. The molecular formula is C66H46N2O. The molecule has 0 fully saturated rings. The van der Waals surface area contributed by atoms with Crippen LogP contribution in [0.1, 0.15) is 0 Å². The molecule has 11 aromatic carbocycles. The van der Waals surface area contributed by atoms with E-state index >= 15 is 0 Å². The molecule has 0 aliphatic heterocycles. The van der Waals surface area contributed by atoms with Gasteiger partial charge in [0.2, 0.25) is 0 Å². The minimum atomic E-state index is 0.834. The molecule has 0 atom stereocenters. The number of anilines is 6. The van der Waals surface area contributed by atoms with Crippen LogP contribution in [0.2, 0.25) is 0 Å². The normalized spacial score (nSPS) is 11.2. The summed E-state index contributed by atoms with van der Waals surface area (Å²) in [6, 6.07) is 99.6. The van der Waals surface area contributed by atoms with Gasteiger partial charge in [0.15, 0.2) is 0 Å². The van der Waals surface area contributed by atoms with Crippen LogP contribution in [0.4, 0.5) is 34.1 Å². The summed E-state index contributed by atoms with van der Waals surface area (Å²) in [5.74, 6) is 0. The lowest BCUT2D eigenvalue weighted by Crippen LogP contribution is -2.13. The van der Waals surface area contributed by atoms with E-state index < -0.39 is 0 Å². The Bertz CT molecular complexity index is 3630. The lowest BCUT2D eigenvalue weighted by molar-refractivity contribution is 0.670. The Morgan fingerprint density at radius 3 is 1.22 bits per heavy atom. The average molecular weight is 883 g/mol. The smallest absolute Gasteiger partial charge is 0.143 e. The summed E-state index contributed by atoms with van der Waals surface area (Å²) in [5, 5.41) is 2.18. The molecule has 0 unspecified atom stereocenters. The van der Waals surface area contributed by atoms with Crippen LogP contribution in [-0.2, 0) is 0 Å². The zero-order valence-electron chi connectivity index (χ0n) is 37.9. The van der Waals surface area contributed by atoms with Crippen molar-refractivity contribution in [1.82, 2.24) is 0 Å². The van der Waals surface area contributed by atoms with Crippen molar-refractivity contribution in [2.45, 2.75) is 0 Å². The first-order chi connectivity index (χ1) is 34.2. The van der Waals surface area contributed by atoms with Crippen LogP contribution >= 0.6 is 0 Å². The minimum Gasteiger partial charge on any atom is -0.455 e. The number of hydrogen-bond donors (Lipinski definition) is 0. The van der Waals surface area contributed by atoms with E-state index in [9.17, 15) is 0 Å². The van der Waals surface area contributed by atoms with Gasteiger partial charge in [-0.1, -0.05) is 218 Å². The summed E-state index contributed by atoms with van der Waals surface area (Å²) < 4.78 is 6.87. The highest BCUT2D eigenvalue weighted by Gasteiger charge is 2.23. The molecule has 0 saturated carbocycles. The Hall–Kier alpha value is -9.18. The summed E-state index contributed by atoms with van der Waals surface area (Å²) in [7, 11) is 0. The van der Waals surface area contributed by atoms with Crippen molar-refractivity contribution in [1.29, 1.82) is 0 Å². The summed E-state index contributed by atoms with van der Waals surface area (Å²) >= 11 is 0. The lowest BCUT2D eigenvalue weighted by Gasteiger charge is -2.31. The zero-order chi connectivity index (χ0) is 45.9. The van der Waals surface area contributed by atoms with Gasteiger partial charge in [-0.3, -0.25) is 0 Å². The van der Waals surface area contributed by atoms with Gasteiger partial charge in [-0.25, -0.2) is 0 Å². The van der Waals surface area contributed by atoms with E-state index in [4.69, 9.17) is 4.42 Å². The van der Waals surface area contributed by atoms with E-state index in [1.165, 1.54) is 5.56 Å². The summed E-state index contributed by atoms with van der Waals surface area (Å²) in [4.78, 5) is 4.80. The highest BCUT2D eigenvalue weighted by Crippen LogP contribution is 2.48. The van der Waals surface area contributed by atoms with Crippen LogP contribution in [0.5, 0.6) is 0 Å². The van der Waals surface area contributed by atoms with Gasteiger partial charge in [0.25, 0.3) is 0 Å². The second kappa shape index (κ2) is 18.2. The molecule has 69 heavy (non-hydrogen) atoms. The van der Waals surface area contributed by atoms with Crippen molar-refractivity contribution in [3.8, 4) is 55.6 Å². The lowest BCUT2D eigenvalue weighted by atomic mass is 9.97. The number of fused-ring (bicyclic) bond motifs is 3. The molecule has 12 aromatic rings. The standard InChI is InChI=1S/C66H46N2O/c1-5-21-47(22-6-1)48-39-41-53(42-40-48)67(55-43-44-60-61-35-20-34-59(51-27-11-4-12-28-51)66(61)69-65(60)46-55)62-36-16-15-33-58(62)52-29-19-30-54(45-52)68(63-37-17-13-31-56(63)49-23-7-2-8-24-49)64-38-18-14-32-57(64)50-25-9-3-10-26-50/h1-46H. The molecule has 1 heterocycles. The first-order valence-electron chi connectivity index (χ1n) is 23.5. The molecule has 1 aromatic heterocycles. The number of furan rings is 1. The zero-order valence-corrected chi connectivity index (χ0v) is 37.9.